The number of anilines is 1. The van der Waals surface area contributed by atoms with Crippen molar-refractivity contribution in [2.24, 2.45) is 0 Å². The highest BCUT2D eigenvalue weighted by Crippen LogP contribution is 2.41. The number of aromatic nitrogens is 2. The molecular weight excluding hydrogens is 410 g/mol. The van der Waals surface area contributed by atoms with E-state index in [2.05, 4.69) is 14.7 Å². The predicted octanol–water partition coefficient (Wildman–Crippen LogP) is 1.89. The van der Waals surface area contributed by atoms with Crippen molar-refractivity contribution in [1.29, 1.82) is 0 Å². The van der Waals surface area contributed by atoms with Gasteiger partial charge < -0.3 is 29.5 Å². The number of piperazine rings is 1. The second-order valence-corrected chi connectivity index (χ2v) is 7.88. The van der Waals surface area contributed by atoms with E-state index in [4.69, 9.17) is 14.6 Å². The summed E-state index contributed by atoms with van der Waals surface area (Å²) in [5.74, 6) is -0.348. The molecule has 0 amide bonds. The molecule has 0 radical (unpaired) electrons. The van der Waals surface area contributed by atoms with Crippen LogP contribution in [0.5, 0.6) is 5.75 Å². The minimum Gasteiger partial charge on any atom is -0.426 e. The Labute approximate surface area is 166 Å². The van der Waals surface area contributed by atoms with Gasteiger partial charge in [-0.25, -0.2) is 4.98 Å². The van der Waals surface area contributed by atoms with Crippen LogP contribution in [0, 0.1) is 0 Å². The molecule has 2 atom stereocenters. The molecule has 2 unspecified atom stereocenters. The van der Waals surface area contributed by atoms with E-state index >= 15 is 0 Å². The Kier molecular flexibility index (Phi) is 4.22. The number of piperidine rings is 1. The van der Waals surface area contributed by atoms with Crippen molar-refractivity contribution in [2.45, 2.75) is 30.9 Å². The zero-order valence-electron chi connectivity index (χ0n) is 14.8. The van der Waals surface area contributed by atoms with Crippen molar-refractivity contribution in [3.05, 3.63) is 23.7 Å². The van der Waals surface area contributed by atoms with Crippen molar-refractivity contribution < 1.29 is 33.4 Å². The summed E-state index contributed by atoms with van der Waals surface area (Å²) >= 11 is 1.35. The highest BCUT2D eigenvalue weighted by molar-refractivity contribution is 7.13. The number of hydrogen-bond acceptors (Lipinski definition) is 10. The zero-order valence-corrected chi connectivity index (χ0v) is 15.6. The van der Waals surface area contributed by atoms with Crippen LogP contribution in [0.25, 0.3) is 21.7 Å². The van der Waals surface area contributed by atoms with Crippen LogP contribution in [0.4, 0.5) is 14.8 Å². The van der Waals surface area contributed by atoms with E-state index in [1.54, 1.807) is 11.6 Å². The van der Waals surface area contributed by atoms with Gasteiger partial charge in [0.1, 0.15) is 5.01 Å². The Morgan fingerprint density at radius 3 is 2.66 bits per heavy atom. The largest absolute Gasteiger partial charge is 0.450 e. The first kappa shape index (κ1) is 18.6. The lowest BCUT2D eigenvalue weighted by atomic mass is 9.91. The molecule has 9 nitrogen and oxygen atoms in total. The van der Waals surface area contributed by atoms with E-state index in [0.717, 1.165) is 6.42 Å². The van der Waals surface area contributed by atoms with Crippen LogP contribution in [0.2, 0.25) is 0 Å². The van der Waals surface area contributed by atoms with Gasteiger partial charge in [0.2, 0.25) is 0 Å². The van der Waals surface area contributed by atoms with Gasteiger partial charge in [0, 0.05) is 24.7 Å². The Hall–Kier alpha value is -2.38. The SMILES string of the molecule is OC(O)C(F)(F)Oc1ccc(-c2nccs2)c2oc(N3CC4CC(C3)N4O)nc12. The summed E-state index contributed by atoms with van der Waals surface area (Å²) in [5, 5.41) is 31.3. The van der Waals surface area contributed by atoms with Crippen molar-refractivity contribution in [2.75, 3.05) is 18.0 Å². The molecule has 6 rings (SSSR count). The molecule has 2 bridgehead atoms. The van der Waals surface area contributed by atoms with Crippen molar-refractivity contribution in [1.82, 2.24) is 15.0 Å². The second-order valence-electron chi connectivity index (χ2n) is 6.99. The van der Waals surface area contributed by atoms with Gasteiger partial charge >= 0.3 is 6.11 Å². The molecule has 29 heavy (non-hydrogen) atoms. The monoisotopic (exact) mass is 426 g/mol. The number of aliphatic hydroxyl groups excluding tert-OH is 1. The first-order valence-corrected chi connectivity index (χ1v) is 9.70. The summed E-state index contributed by atoms with van der Waals surface area (Å²) in [6.45, 7) is 0.961. The fraction of sp³-hybridized carbons (Fsp3) is 0.412. The van der Waals surface area contributed by atoms with E-state index in [9.17, 15) is 14.0 Å². The van der Waals surface area contributed by atoms with E-state index in [1.165, 1.54) is 28.5 Å². The number of fused-ring (bicyclic) bond motifs is 3. The highest BCUT2D eigenvalue weighted by atomic mass is 32.1. The summed E-state index contributed by atoms with van der Waals surface area (Å²) in [7, 11) is 0. The van der Waals surface area contributed by atoms with Gasteiger partial charge in [-0.1, -0.05) is 0 Å². The van der Waals surface area contributed by atoms with E-state index in [0.29, 0.717) is 23.7 Å². The normalized spacial score (nSPS) is 22.3. The van der Waals surface area contributed by atoms with Crippen LogP contribution < -0.4 is 9.64 Å². The number of oxazole rings is 1. The molecule has 154 valence electrons. The Bertz CT molecular complexity index is 1030. The van der Waals surface area contributed by atoms with Crippen LogP contribution in [0.3, 0.4) is 0 Å². The van der Waals surface area contributed by atoms with Crippen LogP contribution in [-0.4, -0.2) is 68.0 Å². The zero-order chi connectivity index (χ0) is 20.3. The summed E-state index contributed by atoms with van der Waals surface area (Å²) < 4.78 is 38.0. The third kappa shape index (κ3) is 3.04. The van der Waals surface area contributed by atoms with E-state index < -0.39 is 12.4 Å². The number of ether oxygens (including phenoxy) is 1. The maximum absolute atomic E-state index is 13.8. The number of rotatable bonds is 5. The summed E-state index contributed by atoms with van der Waals surface area (Å²) in [6.07, 6.45) is -4.74. The van der Waals surface area contributed by atoms with Gasteiger partial charge in [0.05, 0.1) is 17.6 Å². The van der Waals surface area contributed by atoms with Gasteiger partial charge in [-0.05, 0) is 18.6 Å². The number of halogens is 2. The number of nitrogens with zero attached hydrogens (tertiary/aromatic N) is 4. The molecule has 0 saturated carbocycles. The Morgan fingerprint density at radius 2 is 2.03 bits per heavy atom. The minimum atomic E-state index is -4.22. The molecule has 0 aliphatic carbocycles. The van der Waals surface area contributed by atoms with Crippen LogP contribution in [0.15, 0.2) is 28.1 Å². The quantitative estimate of drug-likeness (QED) is 0.526. The lowest BCUT2D eigenvalue weighted by Crippen LogP contribution is -2.67. The lowest BCUT2D eigenvalue weighted by Gasteiger charge is -2.52. The first-order valence-electron chi connectivity index (χ1n) is 8.82. The van der Waals surface area contributed by atoms with Crippen molar-refractivity contribution in [3.63, 3.8) is 0 Å². The van der Waals surface area contributed by atoms with Crippen LogP contribution in [0.1, 0.15) is 6.42 Å². The number of benzene rings is 1. The Balaban J connectivity index is 1.58. The third-order valence-electron chi connectivity index (χ3n) is 5.13. The van der Waals surface area contributed by atoms with Gasteiger partial charge in [0.25, 0.3) is 12.3 Å². The van der Waals surface area contributed by atoms with Crippen molar-refractivity contribution >= 4 is 28.5 Å². The van der Waals surface area contributed by atoms with Gasteiger partial charge in [0.15, 0.2) is 16.8 Å². The molecule has 0 spiro atoms. The molecule has 3 aromatic rings. The fourth-order valence-corrected chi connectivity index (χ4v) is 4.32. The fourth-order valence-electron chi connectivity index (χ4n) is 3.66. The number of thiazole rings is 1. The number of aliphatic hydroxyl groups is 2. The molecule has 3 fully saturated rings. The molecular formula is C17H16F2N4O5S. The number of hydrogen-bond donors (Lipinski definition) is 3. The summed E-state index contributed by atoms with van der Waals surface area (Å²) in [5.41, 5.74) is 0.781. The number of alkyl halides is 2. The van der Waals surface area contributed by atoms with Gasteiger partial charge in [-0.15, -0.1) is 11.3 Å². The first-order chi connectivity index (χ1) is 13.8. The second kappa shape index (κ2) is 6.57. The molecule has 12 heteroatoms. The van der Waals surface area contributed by atoms with Gasteiger partial charge in [-0.3, -0.25) is 0 Å². The van der Waals surface area contributed by atoms with Crippen LogP contribution in [-0.2, 0) is 0 Å². The lowest BCUT2D eigenvalue weighted by molar-refractivity contribution is -0.301. The van der Waals surface area contributed by atoms with E-state index in [-0.39, 0.29) is 34.9 Å². The average molecular weight is 426 g/mol. The molecule has 2 aromatic heterocycles. The topological polar surface area (TPSA) is 115 Å². The van der Waals surface area contributed by atoms with E-state index in [1.807, 2.05) is 4.90 Å². The summed E-state index contributed by atoms with van der Waals surface area (Å²) in [4.78, 5) is 10.4. The number of hydroxylamine groups is 2. The molecule has 3 aliphatic heterocycles. The van der Waals surface area contributed by atoms with Crippen molar-refractivity contribution in [3.8, 4) is 16.3 Å². The maximum Gasteiger partial charge on any atom is 0.450 e. The highest BCUT2D eigenvalue weighted by Gasteiger charge is 2.46. The maximum atomic E-state index is 13.8. The van der Waals surface area contributed by atoms with Gasteiger partial charge in [-0.2, -0.15) is 18.8 Å². The Morgan fingerprint density at radius 1 is 1.28 bits per heavy atom. The average Bonchev–Trinajstić information content (AvgIpc) is 3.38. The molecule has 5 heterocycles. The molecule has 3 aliphatic rings. The summed E-state index contributed by atoms with van der Waals surface area (Å²) in [6, 6.07) is 2.92. The third-order valence-corrected chi connectivity index (χ3v) is 5.94. The molecule has 3 saturated heterocycles. The smallest absolute Gasteiger partial charge is 0.426 e. The predicted molar refractivity (Wildman–Crippen MR) is 96.9 cm³/mol. The standard InChI is InChI=1S/C17H16F2N4O5S/c18-17(19,15(24)25)28-11-2-1-10(14-20-3-4-29-14)13-12(11)21-16(27-13)22-6-8-5-9(7-22)23(8)26/h1-4,8-9,15,24-26H,5-7H2. The molecule has 3 N–H and O–H groups in total. The minimum absolute atomic E-state index is 0.0214. The van der Waals surface area contributed by atoms with Crippen LogP contribution >= 0.6 is 11.3 Å². The molecule has 1 aromatic carbocycles.